The Hall–Kier alpha value is -2.70. The maximum absolute atomic E-state index is 14.4. The van der Waals surface area contributed by atoms with E-state index in [1.807, 2.05) is 0 Å². The van der Waals surface area contributed by atoms with Gasteiger partial charge in [-0.15, -0.1) is 0 Å². The van der Waals surface area contributed by atoms with Crippen molar-refractivity contribution in [2.45, 2.75) is 50.7 Å². The van der Waals surface area contributed by atoms with Crippen LogP contribution in [-0.2, 0) is 15.7 Å². The lowest BCUT2D eigenvalue weighted by Gasteiger charge is -2.30. The van der Waals surface area contributed by atoms with Gasteiger partial charge < -0.3 is 14.7 Å². The van der Waals surface area contributed by atoms with Crippen molar-refractivity contribution < 1.29 is 37.4 Å². The van der Waals surface area contributed by atoms with Gasteiger partial charge in [0.15, 0.2) is 11.5 Å². The van der Waals surface area contributed by atoms with E-state index in [4.69, 9.17) is 27.9 Å². The number of alkyl halides is 3. The summed E-state index contributed by atoms with van der Waals surface area (Å²) in [7, 11) is 0. The molecule has 1 amide bonds. The first-order valence-electron chi connectivity index (χ1n) is 12.5. The second kappa shape index (κ2) is 12.2. The molecule has 1 N–H and O–H groups in total. The van der Waals surface area contributed by atoms with Crippen LogP contribution in [-0.4, -0.2) is 68.7 Å². The average molecular weight is 591 g/mol. The van der Waals surface area contributed by atoms with Crippen molar-refractivity contribution >= 4 is 40.9 Å². The fraction of sp³-hybridized carbons (Fsp3) is 0.560. The van der Waals surface area contributed by atoms with Crippen molar-refractivity contribution in [3.05, 3.63) is 45.5 Å². The molecular weight excluding hydrogens is 564 g/mol. The highest BCUT2D eigenvalue weighted by molar-refractivity contribution is 6.39. The number of carboxylic acid groups (broad SMARTS) is 1. The van der Waals surface area contributed by atoms with Crippen LogP contribution >= 0.6 is 23.2 Å². The van der Waals surface area contributed by atoms with Gasteiger partial charge in [-0.25, -0.2) is 0 Å². The monoisotopic (exact) mass is 590 g/mol. The summed E-state index contributed by atoms with van der Waals surface area (Å²) in [6.45, 7) is 0.354. The first-order chi connectivity index (χ1) is 18.5. The van der Waals surface area contributed by atoms with Gasteiger partial charge in [0, 0.05) is 32.2 Å². The van der Waals surface area contributed by atoms with E-state index in [0.29, 0.717) is 26.1 Å². The quantitative estimate of drug-likeness (QED) is 0.422. The number of amides is 1. The van der Waals surface area contributed by atoms with Gasteiger partial charge in [-0.1, -0.05) is 23.2 Å². The minimum atomic E-state index is -4.92. The van der Waals surface area contributed by atoms with E-state index in [0.717, 1.165) is 15.8 Å². The molecule has 2 fully saturated rings. The first kappa shape index (κ1) is 29.3. The maximum atomic E-state index is 14.4. The third kappa shape index (κ3) is 6.72. The fourth-order valence-electron chi connectivity index (χ4n) is 5.21. The summed E-state index contributed by atoms with van der Waals surface area (Å²) in [5.41, 5.74) is -1.95. The second-order valence-electron chi connectivity index (χ2n) is 9.84. The van der Waals surface area contributed by atoms with Crippen LogP contribution in [0, 0.1) is 11.8 Å². The second-order valence-corrected chi connectivity index (χ2v) is 10.7. The van der Waals surface area contributed by atoms with Crippen LogP contribution in [0.25, 0.3) is 0 Å². The molecule has 2 aliphatic rings. The van der Waals surface area contributed by atoms with Gasteiger partial charge in [-0.05, 0) is 44.4 Å². The van der Waals surface area contributed by atoms with Crippen LogP contribution in [0.1, 0.15) is 71.0 Å². The number of halogens is 5. The van der Waals surface area contributed by atoms with Gasteiger partial charge in [-0.2, -0.15) is 18.3 Å². The number of aromatic nitrogens is 3. The number of pyridine rings is 1. The Morgan fingerprint density at radius 3 is 2.21 bits per heavy atom. The first-order valence-corrected chi connectivity index (χ1v) is 13.3. The van der Waals surface area contributed by atoms with Gasteiger partial charge in [0.05, 0.1) is 45.9 Å². The molecule has 2 aromatic heterocycles. The predicted molar refractivity (Wildman–Crippen MR) is 134 cm³/mol. The largest absolute Gasteiger partial charge is 0.481 e. The molecular formula is C25H27Cl2F3N4O5. The van der Waals surface area contributed by atoms with Crippen LogP contribution in [0.2, 0.25) is 10.0 Å². The maximum Gasteiger partial charge on any atom is 0.433 e. The lowest BCUT2D eigenvalue weighted by atomic mass is 9.86. The number of hydrogen-bond acceptors (Lipinski definition) is 6. The molecule has 4 rings (SSSR count). The van der Waals surface area contributed by atoms with Gasteiger partial charge in [-0.3, -0.25) is 24.0 Å². The van der Waals surface area contributed by atoms with Crippen LogP contribution in [0.4, 0.5) is 13.2 Å². The Morgan fingerprint density at radius 2 is 1.64 bits per heavy atom. The van der Waals surface area contributed by atoms with Crippen molar-refractivity contribution in [3.8, 4) is 0 Å². The van der Waals surface area contributed by atoms with Gasteiger partial charge in [0.2, 0.25) is 0 Å². The van der Waals surface area contributed by atoms with Crippen molar-refractivity contribution in [2.75, 3.05) is 26.3 Å². The Kier molecular flexibility index (Phi) is 9.18. The van der Waals surface area contributed by atoms with Crippen molar-refractivity contribution in [1.82, 2.24) is 19.7 Å². The normalized spacial score (nSPS) is 20.5. The number of carboxylic acids is 1. The molecule has 1 aliphatic carbocycles. The van der Waals surface area contributed by atoms with E-state index in [2.05, 4.69) is 10.1 Å². The Bertz CT molecular complexity index is 1200. The predicted octanol–water partition coefficient (Wildman–Crippen LogP) is 5.17. The number of carbonyl (C=O) groups is 3. The molecule has 212 valence electrons. The molecule has 1 saturated heterocycles. The van der Waals surface area contributed by atoms with Crippen LogP contribution in [0.15, 0.2) is 18.6 Å². The molecule has 39 heavy (non-hydrogen) atoms. The number of carbonyl (C=O) groups excluding carboxylic acids is 2. The summed E-state index contributed by atoms with van der Waals surface area (Å²) in [5, 5.41) is 13.1. The Labute approximate surface area is 232 Å². The third-order valence-electron chi connectivity index (χ3n) is 7.26. The van der Waals surface area contributed by atoms with Gasteiger partial charge in [0.1, 0.15) is 0 Å². The molecule has 0 unspecified atom stereocenters. The zero-order chi connectivity index (χ0) is 28.3. The molecule has 3 heterocycles. The van der Waals surface area contributed by atoms with Crippen molar-refractivity contribution in [1.29, 1.82) is 0 Å². The minimum Gasteiger partial charge on any atom is -0.481 e. The van der Waals surface area contributed by atoms with Gasteiger partial charge >= 0.3 is 12.1 Å². The summed E-state index contributed by atoms with van der Waals surface area (Å²) in [5.74, 6) is -3.33. The van der Waals surface area contributed by atoms with E-state index in [-0.39, 0.29) is 53.8 Å². The minimum absolute atomic E-state index is 0.0282. The zero-order valence-electron chi connectivity index (χ0n) is 20.8. The number of aliphatic carboxylic acids is 1. The SMILES string of the molecule is O=C(CN(CC1CCOCC1)C(=O)c1cnn(C2CCC(C(=O)O)CC2)c1C(F)(F)F)c1c(Cl)cncc1Cl. The summed E-state index contributed by atoms with van der Waals surface area (Å²) in [4.78, 5) is 43.1. The summed E-state index contributed by atoms with van der Waals surface area (Å²) in [6.07, 6.45) is 0.319. The fourth-order valence-corrected chi connectivity index (χ4v) is 5.78. The highest BCUT2D eigenvalue weighted by Crippen LogP contribution is 2.39. The average Bonchev–Trinajstić information content (AvgIpc) is 3.34. The lowest BCUT2D eigenvalue weighted by Crippen LogP contribution is -2.41. The number of rotatable bonds is 8. The van der Waals surface area contributed by atoms with Crippen LogP contribution in [0.3, 0.4) is 0 Å². The number of Topliss-reactive ketones (excluding diaryl/α,β-unsaturated/α-hetero) is 1. The Balaban J connectivity index is 1.65. The molecule has 0 aromatic carbocycles. The highest BCUT2D eigenvalue weighted by Gasteiger charge is 2.43. The summed E-state index contributed by atoms with van der Waals surface area (Å²) < 4.78 is 49.2. The summed E-state index contributed by atoms with van der Waals surface area (Å²) >= 11 is 12.2. The van der Waals surface area contributed by atoms with Crippen molar-refractivity contribution in [3.63, 3.8) is 0 Å². The lowest BCUT2D eigenvalue weighted by molar-refractivity contribution is -0.147. The number of ether oxygens (including phenoxy) is 1. The number of nitrogens with zero attached hydrogens (tertiary/aromatic N) is 4. The molecule has 14 heteroatoms. The molecule has 0 atom stereocenters. The molecule has 2 aromatic rings. The van der Waals surface area contributed by atoms with E-state index >= 15 is 0 Å². The van der Waals surface area contributed by atoms with E-state index < -0.39 is 53.6 Å². The number of hydrogen-bond donors (Lipinski definition) is 1. The summed E-state index contributed by atoms with van der Waals surface area (Å²) in [6, 6.07) is -0.709. The standard InChI is InChI=1S/C25H27Cl2F3N4O5/c26-18-10-31-11-19(27)21(18)20(35)13-33(12-14-5-7-39-8-6-14)23(36)17-9-32-34(22(17)25(28,29)30)16-3-1-15(2-4-16)24(37)38/h9-11,14-16H,1-8,12-13H2,(H,37,38). The zero-order valence-corrected chi connectivity index (χ0v) is 22.3. The molecule has 0 bridgehead atoms. The molecule has 1 aliphatic heterocycles. The molecule has 0 spiro atoms. The van der Waals surface area contributed by atoms with Gasteiger partial charge in [0.25, 0.3) is 5.91 Å². The molecule has 0 radical (unpaired) electrons. The topological polar surface area (TPSA) is 115 Å². The van der Waals surface area contributed by atoms with Crippen molar-refractivity contribution in [2.24, 2.45) is 11.8 Å². The third-order valence-corrected chi connectivity index (χ3v) is 7.83. The van der Waals surface area contributed by atoms with E-state index in [1.165, 1.54) is 12.4 Å². The van der Waals surface area contributed by atoms with E-state index in [1.54, 1.807) is 0 Å². The highest BCUT2D eigenvalue weighted by atomic mass is 35.5. The smallest absolute Gasteiger partial charge is 0.433 e. The Morgan fingerprint density at radius 1 is 1.03 bits per heavy atom. The van der Waals surface area contributed by atoms with Crippen LogP contribution < -0.4 is 0 Å². The molecule has 9 nitrogen and oxygen atoms in total. The molecule has 1 saturated carbocycles. The number of ketones is 1. The van der Waals surface area contributed by atoms with Crippen LogP contribution in [0.5, 0.6) is 0 Å². The van der Waals surface area contributed by atoms with E-state index in [9.17, 15) is 32.7 Å².